The van der Waals surface area contributed by atoms with Crippen LogP contribution >= 0.6 is 0 Å². The molecule has 1 saturated carbocycles. The highest BCUT2D eigenvalue weighted by atomic mass is 16.5. The Morgan fingerprint density at radius 1 is 1.29 bits per heavy atom. The van der Waals surface area contributed by atoms with Crippen LogP contribution < -0.4 is 10.1 Å². The largest absolute Gasteiger partial charge is 0.493 e. The molecule has 94 valence electrons. The van der Waals surface area contributed by atoms with E-state index in [9.17, 15) is 0 Å². The second-order valence-corrected chi connectivity index (χ2v) is 4.59. The van der Waals surface area contributed by atoms with Gasteiger partial charge in [0.2, 0.25) is 0 Å². The van der Waals surface area contributed by atoms with Crippen molar-refractivity contribution in [2.45, 2.75) is 32.2 Å². The quantitative estimate of drug-likeness (QED) is 0.737. The molecule has 0 bridgehead atoms. The zero-order valence-corrected chi connectivity index (χ0v) is 10.7. The van der Waals surface area contributed by atoms with Gasteiger partial charge >= 0.3 is 0 Å². The third-order valence-electron chi connectivity index (χ3n) is 2.89. The van der Waals surface area contributed by atoms with Gasteiger partial charge in [0.05, 0.1) is 6.61 Å². The van der Waals surface area contributed by atoms with Gasteiger partial charge in [0, 0.05) is 37.9 Å². The summed E-state index contributed by atoms with van der Waals surface area (Å²) in [6.45, 7) is 3.53. The smallest absolute Gasteiger partial charge is 0.124 e. The molecule has 0 aromatic heterocycles. The number of hydrogen-bond donors (Lipinski definition) is 1. The van der Waals surface area contributed by atoms with Crippen LogP contribution in [0.1, 0.15) is 24.8 Å². The first-order valence-electron chi connectivity index (χ1n) is 6.28. The Labute approximate surface area is 103 Å². The molecular formula is C14H21NO2. The number of benzene rings is 1. The predicted molar refractivity (Wildman–Crippen MR) is 69.8 cm³/mol. The molecule has 1 N–H and O–H groups in total. The Hall–Kier alpha value is -1.22. The molecule has 2 rings (SSSR count). The van der Waals surface area contributed by atoms with Crippen molar-refractivity contribution in [1.82, 2.24) is 0 Å². The normalized spacial score (nSPS) is 14.7. The molecular weight excluding hydrogens is 214 g/mol. The first-order chi connectivity index (χ1) is 8.29. The number of aryl methyl sites for hydroxylation is 1. The molecule has 0 saturated heterocycles. The van der Waals surface area contributed by atoms with Crippen molar-refractivity contribution in [3.63, 3.8) is 0 Å². The summed E-state index contributed by atoms with van der Waals surface area (Å²) < 4.78 is 10.8. The van der Waals surface area contributed by atoms with Gasteiger partial charge in [0.15, 0.2) is 0 Å². The minimum Gasteiger partial charge on any atom is -0.493 e. The highest BCUT2D eigenvalue weighted by molar-refractivity contribution is 5.52. The fourth-order valence-electron chi connectivity index (χ4n) is 1.69. The maximum atomic E-state index is 5.76. The van der Waals surface area contributed by atoms with E-state index in [2.05, 4.69) is 30.4 Å². The van der Waals surface area contributed by atoms with Gasteiger partial charge in [-0.2, -0.15) is 0 Å². The van der Waals surface area contributed by atoms with Gasteiger partial charge in [-0.3, -0.25) is 0 Å². The molecule has 1 aromatic rings. The minimum atomic E-state index is 0.680. The lowest BCUT2D eigenvalue weighted by atomic mass is 10.2. The summed E-state index contributed by atoms with van der Waals surface area (Å²) in [6, 6.07) is 7.01. The first-order valence-corrected chi connectivity index (χ1v) is 6.28. The highest BCUT2D eigenvalue weighted by Crippen LogP contribution is 2.28. The van der Waals surface area contributed by atoms with Crippen LogP contribution in [0.5, 0.6) is 5.75 Å². The van der Waals surface area contributed by atoms with E-state index in [4.69, 9.17) is 9.47 Å². The van der Waals surface area contributed by atoms with Gasteiger partial charge < -0.3 is 14.8 Å². The standard InChI is InChI=1S/C14H21NO2/c1-11-4-5-13(15-12-6-7-12)10-14(11)17-9-3-8-16-2/h4-5,10,12,15H,3,6-9H2,1-2H3. The number of nitrogens with one attached hydrogen (secondary N) is 1. The van der Waals surface area contributed by atoms with Gasteiger partial charge in [-0.05, 0) is 31.4 Å². The van der Waals surface area contributed by atoms with Crippen LogP contribution in [0, 0.1) is 6.92 Å². The number of rotatable bonds is 7. The molecule has 1 aromatic carbocycles. The van der Waals surface area contributed by atoms with Crippen molar-refractivity contribution in [1.29, 1.82) is 0 Å². The Kier molecular flexibility index (Phi) is 4.26. The maximum absolute atomic E-state index is 5.76. The zero-order chi connectivity index (χ0) is 12.1. The molecule has 0 spiro atoms. The molecule has 1 fully saturated rings. The number of methoxy groups -OCH3 is 1. The van der Waals surface area contributed by atoms with Gasteiger partial charge in [-0.25, -0.2) is 0 Å². The number of ether oxygens (including phenoxy) is 2. The fraction of sp³-hybridized carbons (Fsp3) is 0.571. The number of anilines is 1. The van der Waals surface area contributed by atoms with Crippen LogP contribution in [-0.2, 0) is 4.74 Å². The number of hydrogen-bond acceptors (Lipinski definition) is 3. The van der Waals surface area contributed by atoms with E-state index in [-0.39, 0.29) is 0 Å². The predicted octanol–water partition coefficient (Wildman–Crippen LogP) is 2.98. The van der Waals surface area contributed by atoms with E-state index in [1.165, 1.54) is 24.1 Å². The molecule has 0 heterocycles. The van der Waals surface area contributed by atoms with Gasteiger partial charge in [-0.1, -0.05) is 6.07 Å². The highest BCUT2D eigenvalue weighted by Gasteiger charge is 2.20. The average molecular weight is 235 g/mol. The third-order valence-corrected chi connectivity index (χ3v) is 2.89. The van der Waals surface area contributed by atoms with Crippen LogP contribution in [0.2, 0.25) is 0 Å². The van der Waals surface area contributed by atoms with Crippen molar-refractivity contribution in [3.05, 3.63) is 23.8 Å². The molecule has 1 aliphatic rings. The van der Waals surface area contributed by atoms with Crippen LogP contribution in [0.25, 0.3) is 0 Å². The first kappa shape index (κ1) is 12.2. The Morgan fingerprint density at radius 2 is 2.12 bits per heavy atom. The summed E-state index contributed by atoms with van der Waals surface area (Å²) in [7, 11) is 1.71. The monoisotopic (exact) mass is 235 g/mol. The van der Waals surface area contributed by atoms with Crippen LogP contribution in [-0.4, -0.2) is 26.4 Å². The fourth-order valence-corrected chi connectivity index (χ4v) is 1.69. The Balaban J connectivity index is 1.89. The van der Waals surface area contributed by atoms with Gasteiger partial charge in [0.25, 0.3) is 0 Å². The van der Waals surface area contributed by atoms with E-state index in [0.717, 1.165) is 18.8 Å². The molecule has 0 atom stereocenters. The Morgan fingerprint density at radius 3 is 2.82 bits per heavy atom. The molecule has 3 heteroatoms. The third kappa shape index (κ3) is 3.93. The van der Waals surface area contributed by atoms with Crippen LogP contribution in [0.3, 0.4) is 0 Å². The summed E-state index contributed by atoms with van der Waals surface area (Å²) in [6.07, 6.45) is 3.51. The molecule has 0 aliphatic heterocycles. The SMILES string of the molecule is COCCCOc1cc(NC2CC2)ccc1C. The van der Waals surface area contributed by atoms with Crippen LogP contribution in [0.15, 0.2) is 18.2 Å². The Bertz CT molecular complexity index is 361. The van der Waals surface area contributed by atoms with Crippen molar-refractivity contribution < 1.29 is 9.47 Å². The summed E-state index contributed by atoms with van der Waals surface area (Å²) in [5, 5.41) is 3.48. The second-order valence-electron chi connectivity index (χ2n) is 4.59. The summed E-state index contributed by atoms with van der Waals surface area (Å²) in [4.78, 5) is 0. The second kappa shape index (κ2) is 5.92. The van der Waals surface area contributed by atoms with Crippen molar-refractivity contribution in [2.24, 2.45) is 0 Å². The van der Waals surface area contributed by atoms with Gasteiger partial charge in [0.1, 0.15) is 5.75 Å². The summed E-state index contributed by atoms with van der Waals surface area (Å²) in [5.74, 6) is 0.978. The van der Waals surface area contributed by atoms with E-state index >= 15 is 0 Å². The summed E-state index contributed by atoms with van der Waals surface area (Å²) in [5.41, 5.74) is 2.35. The lowest BCUT2D eigenvalue weighted by Gasteiger charge is -2.12. The van der Waals surface area contributed by atoms with E-state index < -0.39 is 0 Å². The average Bonchev–Trinajstić information content (AvgIpc) is 3.12. The minimum absolute atomic E-state index is 0.680. The topological polar surface area (TPSA) is 30.5 Å². The van der Waals surface area contributed by atoms with E-state index in [1.807, 2.05) is 0 Å². The van der Waals surface area contributed by atoms with Gasteiger partial charge in [-0.15, -0.1) is 0 Å². The molecule has 0 radical (unpaired) electrons. The van der Waals surface area contributed by atoms with Crippen molar-refractivity contribution in [2.75, 3.05) is 25.6 Å². The molecule has 0 amide bonds. The molecule has 17 heavy (non-hydrogen) atoms. The zero-order valence-electron chi connectivity index (χ0n) is 10.7. The van der Waals surface area contributed by atoms with Crippen molar-refractivity contribution >= 4 is 5.69 Å². The lowest BCUT2D eigenvalue weighted by molar-refractivity contribution is 0.172. The summed E-state index contributed by atoms with van der Waals surface area (Å²) >= 11 is 0. The molecule has 3 nitrogen and oxygen atoms in total. The molecule has 0 unspecified atom stereocenters. The van der Waals surface area contributed by atoms with E-state index in [0.29, 0.717) is 12.6 Å². The maximum Gasteiger partial charge on any atom is 0.124 e. The molecule has 1 aliphatic carbocycles. The van der Waals surface area contributed by atoms with Crippen LogP contribution in [0.4, 0.5) is 5.69 Å². The van der Waals surface area contributed by atoms with E-state index in [1.54, 1.807) is 7.11 Å². The lowest BCUT2D eigenvalue weighted by Crippen LogP contribution is -2.04. The van der Waals surface area contributed by atoms with Crippen molar-refractivity contribution in [3.8, 4) is 5.75 Å².